The number of nitrogens with zero attached hydrogens (tertiary/aromatic N) is 3. The molecule has 2 atom stereocenters. The lowest BCUT2D eigenvalue weighted by Gasteiger charge is -2.18. The molecule has 2 N–H and O–H groups in total. The fourth-order valence-electron chi connectivity index (χ4n) is 3.09. The number of carbonyl (C=O) groups excluding carboxylic acids is 1. The van der Waals surface area contributed by atoms with Crippen molar-refractivity contribution in [3.8, 4) is 11.5 Å². The number of aromatic nitrogens is 3. The number of benzene rings is 1. The third-order valence-corrected chi connectivity index (χ3v) is 4.45. The van der Waals surface area contributed by atoms with E-state index in [0.29, 0.717) is 18.9 Å². The van der Waals surface area contributed by atoms with Gasteiger partial charge in [0.05, 0.1) is 12.7 Å². The highest BCUT2D eigenvalue weighted by molar-refractivity contribution is 5.82. The molecule has 2 heterocycles. The minimum Gasteiger partial charge on any atom is -0.486 e. The van der Waals surface area contributed by atoms with Gasteiger partial charge in [-0.15, -0.1) is 5.10 Å². The molecule has 9 nitrogen and oxygen atoms in total. The Balaban J connectivity index is 1.31. The van der Waals surface area contributed by atoms with Gasteiger partial charge < -0.3 is 19.9 Å². The molecule has 1 aliphatic carbocycles. The normalized spacial score (nSPS) is 20.5. The fraction of sp³-hybridized carbons (Fsp3) is 0.412. The monoisotopic (exact) mass is 358 g/mol. The molecule has 1 saturated carbocycles. The van der Waals surface area contributed by atoms with Gasteiger partial charge in [0.15, 0.2) is 11.5 Å². The van der Waals surface area contributed by atoms with Crippen molar-refractivity contribution in [3.63, 3.8) is 0 Å². The van der Waals surface area contributed by atoms with Gasteiger partial charge in [-0.3, -0.25) is 9.59 Å². The van der Waals surface area contributed by atoms with Gasteiger partial charge >= 0.3 is 5.97 Å². The first kappa shape index (κ1) is 16.4. The van der Waals surface area contributed by atoms with Gasteiger partial charge in [-0.25, -0.2) is 4.68 Å². The second-order valence-electron chi connectivity index (χ2n) is 6.37. The van der Waals surface area contributed by atoms with Gasteiger partial charge in [0, 0.05) is 5.92 Å². The van der Waals surface area contributed by atoms with Crippen molar-refractivity contribution in [2.45, 2.75) is 25.4 Å². The first-order valence-corrected chi connectivity index (χ1v) is 8.38. The van der Waals surface area contributed by atoms with Crippen LogP contribution in [0.25, 0.3) is 0 Å². The van der Waals surface area contributed by atoms with Crippen molar-refractivity contribution in [2.24, 2.45) is 5.92 Å². The molecule has 1 amide bonds. The summed E-state index contributed by atoms with van der Waals surface area (Å²) in [6.07, 6.45) is 2.30. The topological polar surface area (TPSA) is 116 Å². The van der Waals surface area contributed by atoms with E-state index in [1.54, 1.807) is 0 Å². The first-order chi connectivity index (χ1) is 12.6. The van der Waals surface area contributed by atoms with E-state index < -0.39 is 5.97 Å². The van der Waals surface area contributed by atoms with E-state index in [9.17, 15) is 9.59 Å². The Morgan fingerprint density at radius 1 is 1.27 bits per heavy atom. The molecule has 1 aromatic heterocycles. The summed E-state index contributed by atoms with van der Waals surface area (Å²) in [5, 5.41) is 19.1. The van der Waals surface area contributed by atoms with Crippen LogP contribution in [0.1, 0.15) is 23.6 Å². The van der Waals surface area contributed by atoms with E-state index in [0.717, 1.165) is 23.5 Å². The van der Waals surface area contributed by atoms with E-state index in [1.807, 2.05) is 18.2 Å². The molecule has 1 fully saturated rings. The molecule has 1 aromatic carbocycles. The summed E-state index contributed by atoms with van der Waals surface area (Å²) in [5.74, 6) is 0.532. The fourth-order valence-corrected chi connectivity index (χ4v) is 3.09. The average Bonchev–Trinajstić information content (AvgIpc) is 3.32. The number of aliphatic carboxylic acids is 1. The number of amides is 1. The maximum absolute atomic E-state index is 12.3. The van der Waals surface area contributed by atoms with E-state index in [4.69, 9.17) is 14.6 Å². The molecule has 1 aliphatic heterocycles. The minimum absolute atomic E-state index is 0.0438. The second-order valence-corrected chi connectivity index (χ2v) is 6.37. The van der Waals surface area contributed by atoms with Crippen molar-refractivity contribution in [1.82, 2.24) is 20.3 Å². The lowest BCUT2D eigenvalue weighted by atomic mass is 10.1. The van der Waals surface area contributed by atoms with Crippen LogP contribution in [0.5, 0.6) is 11.5 Å². The highest BCUT2D eigenvalue weighted by Crippen LogP contribution is 2.49. The molecule has 4 rings (SSSR count). The van der Waals surface area contributed by atoms with Crippen LogP contribution in [0, 0.1) is 5.92 Å². The van der Waals surface area contributed by atoms with Crippen molar-refractivity contribution < 1.29 is 24.2 Å². The standard InChI is InChI=1S/C17H18N4O5/c22-16(23)9-21-8-11(19-20-21)7-18-17(24)13-6-12(13)10-1-2-14-15(5-10)26-4-3-25-14/h1-2,5,8,12-13H,3-4,6-7,9H2,(H,18,24)(H,22,23). The molecule has 0 bridgehead atoms. The lowest BCUT2D eigenvalue weighted by Crippen LogP contribution is -2.25. The Morgan fingerprint density at radius 2 is 2.08 bits per heavy atom. The summed E-state index contributed by atoms with van der Waals surface area (Å²) < 4.78 is 12.3. The zero-order valence-corrected chi connectivity index (χ0v) is 13.9. The summed E-state index contributed by atoms with van der Waals surface area (Å²) in [6.45, 7) is 1.06. The smallest absolute Gasteiger partial charge is 0.325 e. The number of hydrogen-bond donors (Lipinski definition) is 2. The number of nitrogens with one attached hydrogen (secondary N) is 1. The molecule has 2 aromatic rings. The predicted molar refractivity (Wildman–Crippen MR) is 87.8 cm³/mol. The number of hydrogen-bond acceptors (Lipinski definition) is 6. The van der Waals surface area contributed by atoms with Gasteiger partial charge in [-0.1, -0.05) is 11.3 Å². The second kappa shape index (κ2) is 6.66. The van der Waals surface area contributed by atoms with Gasteiger partial charge in [0.2, 0.25) is 5.91 Å². The number of carboxylic acids is 1. The largest absolute Gasteiger partial charge is 0.486 e. The molecule has 2 unspecified atom stereocenters. The van der Waals surface area contributed by atoms with Gasteiger partial charge in [0.1, 0.15) is 25.5 Å². The van der Waals surface area contributed by atoms with Crippen molar-refractivity contribution >= 4 is 11.9 Å². The van der Waals surface area contributed by atoms with Crippen LogP contribution < -0.4 is 14.8 Å². The summed E-state index contributed by atoms with van der Waals surface area (Å²) in [6, 6.07) is 5.81. The quantitative estimate of drug-likeness (QED) is 0.775. The van der Waals surface area contributed by atoms with Crippen LogP contribution in [-0.4, -0.2) is 45.2 Å². The van der Waals surface area contributed by atoms with Crippen LogP contribution >= 0.6 is 0 Å². The minimum atomic E-state index is -0.995. The first-order valence-electron chi connectivity index (χ1n) is 8.38. The van der Waals surface area contributed by atoms with Gasteiger partial charge in [-0.05, 0) is 30.0 Å². The molecule has 0 radical (unpaired) electrons. The molecule has 0 saturated heterocycles. The third kappa shape index (κ3) is 3.46. The number of rotatable bonds is 6. The van der Waals surface area contributed by atoms with Crippen LogP contribution in [0.15, 0.2) is 24.4 Å². The molecule has 2 aliphatic rings. The predicted octanol–water partition coefficient (Wildman–Crippen LogP) is 0.554. The summed E-state index contributed by atoms with van der Waals surface area (Å²) in [7, 11) is 0. The summed E-state index contributed by atoms with van der Waals surface area (Å²) in [5.41, 5.74) is 1.60. The van der Waals surface area contributed by atoms with E-state index in [-0.39, 0.29) is 30.8 Å². The van der Waals surface area contributed by atoms with Crippen LogP contribution in [0.2, 0.25) is 0 Å². The Labute approximate surface area is 148 Å². The van der Waals surface area contributed by atoms with E-state index >= 15 is 0 Å². The third-order valence-electron chi connectivity index (χ3n) is 4.45. The molecular formula is C17H18N4O5. The summed E-state index contributed by atoms with van der Waals surface area (Å²) in [4.78, 5) is 22.9. The maximum Gasteiger partial charge on any atom is 0.325 e. The zero-order valence-electron chi connectivity index (χ0n) is 13.9. The lowest BCUT2D eigenvalue weighted by molar-refractivity contribution is -0.138. The van der Waals surface area contributed by atoms with E-state index in [2.05, 4.69) is 15.6 Å². The number of fused-ring (bicyclic) bond motifs is 1. The number of carboxylic acid groups (broad SMARTS) is 1. The van der Waals surface area contributed by atoms with Crippen LogP contribution in [0.3, 0.4) is 0 Å². The van der Waals surface area contributed by atoms with Crippen LogP contribution in [-0.2, 0) is 22.7 Å². The summed E-state index contributed by atoms with van der Waals surface area (Å²) >= 11 is 0. The maximum atomic E-state index is 12.3. The van der Waals surface area contributed by atoms with Gasteiger partial charge in [0.25, 0.3) is 0 Å². The Bertz CT molecular complexity index is 849. The number of carbonyl (C=O) groups is 2. The molecule has 0 spiro atoms. The average molecular weight is 358 g/mol. The number of ether oxygens (including phenoxy) is 2. The SMILES string of the molecule is O=C(O)Cn1cc(CNC(=O)C2CC2c2ccc3c(c2)OCCO3)nn1. The Morgan fingerprint density at radius 3 is 2.88 bits per heavy atom. The molecular weight excluding hydrogens is 340 g/mol. The molecule has 26 heavy (non-hydrogen) atoms. The zero-order chi connectivity index (χ0) is 18.1. The molecule has 136 valence electrons. The molecule has 9 heteroatoms. The van der Waals surface area contributed by atoms with Crippen molar-refractivity contribution in [3.05, 3.63) is 35.7 Å². The Kier molecular flexibility index (Phi) is 4.19. The highest BCUT2D eigenvalue weighted by Gasteiger charge is 2.44. The van der Waals surface area contributed by atoms with Crippen LogP contribution in [0.4, 0.5) is 0 Å². The highest BCUT2D eigenvalue weighted by atomic mass is 16.6. The van der Waals surface area contributed by atoms with Crippen molar-refractivity contribution in [2.75, 3.05) is 13.2 Å². The Hall–Kier alpha value is -3.10. The van der Waals surface area contributed by atoms with E-state index in [1.165, 1.54) is 10.9 Å². The van der Waals surface area contributed by atoms with Gasteiger partial charge in [-0.2, -0.15) is 0 Å². The van der Waals surface area contributed by atoms with Crippen molar-refractivity contribution in [1.29, 1.82) is 0 Å².